The molecule has 0 spiro atoms. The fourth-order valence-corrected chi connectivity index (χ4v) is 5.43. The summed E-state index contributed by atoms with van der Waals surface area (Å²) in [5.41, 5.74) is 9.10. The van der Waals surface area contributed by atoms with E-state index in [4.69, 9.17) is 5.73 Å². The Labute approximate surface area is 261 Å². The highest BCUT2D eigenvalue weighted by molar-refractivity contribution is 6.01. The zero-order valence-electron chi connectivity index (χ0n) is 29.3. The van der Waals surface area contributed by atoms with Crippen molar-refractivity contribution >= 4 is 11.8 Å². The van der Waals surface area contributed by atoms with Gasteiger partial charge >= 0.3 is 0 Å². The number of phenols is 2. The number of phenolic OH excluding ortho intramolecular Hbond substituents is 2. The van der Waals surface area contributed by atoms with Crippen molar-refractivity contribution in [1.29, 1.82) is 0 Å². The summed E-state index contributed by atoms with van der Waals surface area (Å²) in [5, 5.41) is 22.4. The second-order valence-electron chi connectivity index (χ2n) is 16.3. The van der Waals surface area contributed by atoms with E-state index in [0.29, 0.717) is 13.0 Å². The molecule has 6 heteroatoms. The van der Waals surface area contributed by atoms with Crippen LogP contribution < -0.4 is 5.73 Å². The number of hydrogen-bond acceptors (Lipinski definition) is 5. The van der Waals surface area contributed by atoms with Crippen LogP contribution in [0, 0.1) is 0 Å². The lowest BCUT2D eigenvalue weighted by molar-refractivity contribution is -0.146. The molecule has 2 aromatic carbocycles. The molecule has 2 unspecified atom stereocenters. The van der Waals surface area contributed by atoms with E-state index in [1.165, 1.54) is 4.90 Å². The normalized spacial score (nSPS) is 14.4. The van der Waals surface area contributed by atoms with Crippen molar-refractivity contribution in [2.24, 2.45) is 5.73 Å². The van der Waals surface area contributed by atoms with Gasteiger partial charge < -0.3 is 15.9 Å². The Bertz CT molecular complexity index is 1160. The number of amides is 2. The highest BCUT2D eigenvalue weighted by Crippen LogP contribution is 2.43. The second-order valence-corrected chi connectivity index (χ2v) is 16.3. The SMILES string of the molecule is CC(C(=O)N(CCCN)C(=O)C(C)c1cc(C(C)(C)C)c(O)c(C(C)(C)C)c1)c1cc(C(C)(C)C)c(O)c(C(C)(C)C)c1. The largest absolute Gasteiger partial charge is 0.507 e. The molecule has 2 amide bonds. The Morgan fingerprint density at radius 3 is 1.09 bits per heavy atom. The van der Waals surface area contributed by atoms with Gasteiger partial charge in [0.1, 0.15) is 11.5 Å². The molecule has 43 heavy (non-hydrogen) atoms. The van der Waals surface area contributed by atoms with Crippen LogP contribution in [0.1, 0.15) is 149 Å². The van der Waals surface area contributed by atoms with E-state index in [1.807, 2.05) is 121 Å². The van der Waals surface area contributed by atoms with Gasteiger partial charge in [0.25, 0.3) is 0 Å². The van der Waals surface area contributed by atoms with Crippen molar-refractivity contribution in [2.75, 3.05) is 13.1 Å². The molecule has 0 aliphatic carbocycles. The van der Waals surface area contributed by atoms with Gasteiger partial charge in [0.05, 0.1) is 11.8 Å². The molecule has 0 bridgehead atoms. The van der Waals surface area contributed by atoms with Crippen molar-refractivity contribution in [2.45, 2.75) is 137 Å². The smallest absolute Gasteiger partial charge is 0.236 e. The number of imide groups is 1. The lowest BCUT2D eigenvalue weighted by Gasteiger charge is -2.32. The molecule has 0 saturated carbocycles. The van der Waals surface area contributed by atoms with Gasteiger partial charge in [0.15, 0.2) is 0 Å². The van der Waals surface area contributed by atoms with Crippen LogP contribution in [0.4, 0.5) is 0 Å². The van der Waals surface area contributed by atoms with Gasteiger partial charge in [-0.15, -0.1) is 0 Å². The van der Waals surface area contributed by atoms with Crippen molar-refractivity contribution < 1.29 is 19.8 Å². The maximum absolute atomic E-state index is 14.2. The quantitative estimate of drug-likeness (QED) is 0.302. The van der Waals surface area contributed by atoms with E-state index in [2.05, 4.69) is 0 Å². The van der Waals surface area contributed by atoms with Crippen LogP contribution in [0.3, 0.4) is 0 Å². The van der Waals surface area contributed by atoms with Gasteiger partial charge in [-0.1, -0.05) is 107 Å². The maximum Gasteiger partial charge on any atom is 0.236 e. The molecule has 0 fully saturated rings. The summed E-state index contributed by atoms with van der Waals surface area (Å²) in [7, 11) is 0. The number of rotatable bonds is 7. The topological polar surface area (TPSA) is 104 Å². The number of carbonyl (C=O) groups is 2. The summed E-state index contributed by atoms with van der Waals surface area (Å²) in [6.07, 6.45) is 0.489. The number of hydrogen-bond donors (Lipinski definition) is 3. The first-order chi connectivity index (χ1) is 19.3. The average molecular weight is 595 g/mol. The number of aromatic hydroxyl groups is 2. The summed E-state index contributed by atoms with van der Waals surface area (Å²) in [4.78, 5) is 29.8. The molecule has 0 aliphatic rings. The van der Waals surface area contributed by atoms with Crippen LogP contribution in [0.15, 0.2) is 24.3 Å². The first kappa shape index (κ1) is 36.3. The Balaban J connectivity index is 2.66. The molecule has 6 nitrogen and oxygen atoms in total. The van der Waals surface area contributed by atoms with Crippen molar-refractivity contribution in [3.8, 4) is 11.5 Å². The van der Waals surface area contributed by atoms with Gasteiger partial charge in [0.2, 0.25) is 11.8 Å². The Kier molecular flexibility index (Phi) is 10.7. The van der Waals surface area contributed by atoms with E-state index in [-0.39, 0.29) is 51.5 Å². The van der Waals surface area contributed by atoms with Gasteiger partial charge in [-0.2, -0.15) is 0 Å². The van der Waals surface area contributed by atoms with Crippen LogP contribution in [0.2, 0.25) is 0 Å². The third kappa shape index (κ3) is 8.20. The van der Waals surface area contributed by atoms with Gasteiger partial charge in [-0.25, -0.2) is 0 Å². The van der Waals surface area contributed by atoms with E-state index < -0.39 is 11.8 Å². The van der Waals surface area contributed by atoms with Crippen LogP contribution in [-0.2, 0) is 31.2 Å². The fourth-order valence-electron chi connectivity index (χ4n) is 5.43. The summed E-state index contributed by atoms with van der Waals surface area (Å²) >= 11 is 0. The summed E-state index contributed by atoms with van der Waals surface area (Å²) < 4.78 is 0. The summed E-state index contributed by atoms with van der Waals surface area (Å²) in [6, 6.07) is 7.64. The fraction of sp³-hybridized carbons (Fsp3) is 0.622. The van der Waals surface area contributed by atoms with Crippen molar-refractivity contribution in [1.82, 2.24) is 4.90 Å². The third-order valence-corrected chi connectivity index (χ3v) is 8.36. The number of carbonyl (C=O) groups excluding carboxylic acids is 2. The van der Waals surface area contributed by atoms with Gasteiger partial charge in [-0.05, 0) is 81.9 Å². The standard InChI is InChI=1S/C37H58N2O4/c1-22(24-18-26(34(3,4)5)30(40)27(19-24)35(6,7)8)32(42)39(17-15-16-38)33(43)23(2)25-20-28(36(9,10)11)31(41)29(21-25)37(12,13)14/h18-23,40-41H,15-17,38H2,1-14H3. The van der Waals surface area contributed by atoms with Gasteiger partial charge in [0, 0.05) is 6.54 Å². The molecular weight excluding hydrogens is 536 g/mol. The molecule has 0 saturated heterocycles. The number of benzene rings is 2. The lowest BCUT2D eigenvalue weighted by Crippen LogP contribution is -2.43. The zero-order chi connectivity index (χ0) is 33.5. The van der Waals surface area contributed by atoms with Crippen LogP contribution >= 0.6 is 0 Å². The second kappa shape index (κ2) is 12.6. The Morgan fingerprint density at radius 1 is 0.628 bits per heavy atom. The average Bonchev–Trinajstić information content (AvgIpc) is 2.85. The predicted molar refractivity (Wildman–Crippen MR) is 178 cm³/mol. The number of nitrogens with two attached hydrogens (primary N) is 1. The minimum Gasteiger partial charge on any atom is -0.507 e. The Hall–Kier alpha value is -2.86. The van der Waals surface area contributed by atoms with Crippen LogP contribution in [0.5, 0.6) is 11.5 Å². The van der Waals surface area contributed by atoms with E-state index in [1.54, 1.807) is 0 Å². The highest BCUT2D eigenvalue weighted by atomic mass is 16.3. The zero-order valence-corrected chi connectivity index (χ0v) is 29.3. The molecule has 0 radical (unpaired) electrons. The minimum atomic E-state index is -0.619. The predicted octanol–water partition coefficient (Wildman–Crippen LogP) is 7.90. The van der Waals surface area contributed by atoms with Crippen molar-refractivity contribution in [3.05, 3.63) is 57.6 Å². The van der Waals surface area contributed by atoms with Crippen LogP contribution in [0.25, 0.3) is 0 Å². The highest BCUT2D eigenvalue weighted by Gasteiger charge is 2.35. The molecule has 2 rings (SSSR count). The third-order valence-electron chi connectivity index (χ3n) is 8.36. The molecule has 2 atom stereocenters. The monoisotopic (exact) mass is 594 g/mol. The summed E-state index contributed by atoms with van der Waals surface area (Å²) in [6.45, 7) is 28.7. The number of nitrogens with zero attached hydrogens (tertiary/aromatic N) is 1. The maximum atomic E-state index is 14.2. The molecule has 0 aliphatic heterocycles. The van der Waals surface area contributed by atoms with E-state index in [0.717, 1.165) is 33.4 Å². The van der Waals surface area contributed by atoms with Gasteiger partial charge in [-0.3, -0.25) is 14.5 Å². The molecule has 4 N–H and O–H groups in total. The van der Waals surface area contributed by atoms with E-state index >= 15 is 0 Å². The first-order valence-electron chi connectivity index (χ1n) is 15.6. The minimum absolute atomic E-state index is 0.218. The molecule has 240 valence electrons. The summed E-state index contributed by atoms with van der Waals surface area (Å²) in [5.74, 6) is -1.31. The Morgan fingerprint density at radius 2 is 0.884 bits per heavy atom. The molecular formula is C37H58N2O4. The van der Waals surface area contributed by atoms with E-state index in [9.17, 15) is 19.8 Å². The van der Waals surface area contributed by atoms with Crippen molar-refractivity contribution in [3.63, 3.8) is 0 Å². The van der Waals surface area contributed by atoms with Crippen LogP contribution in [-0.4, -0.2) is 40.0 Å². The molecule has 0 aromatic heterocycles. The lowest BCUT2D eigenvalue weighted by atomic mass is 9.77. The molecule has 2 aromatic rings. The molecule has 0 heterocycles. The first-order valence-corrected chi connectivity index (χ1v) is 15.6.